The monoisotopic (exact) mass is 302 g/mol. The largest absolute Gasteiger partial charge is 0.378 e. The third-order valence-electron chi connectivity index (χ3n) is 2.77. The number of carbonyl (C=O) groups is 1. The molecule has 17 heavy (non-hydrogen) atoms. The molecule has 1 aromatic rings. The fourth-order valence-corrected chi connectivity index (χ4v) is 2.03. The Hall–Kier alpha value is -1.01. The van der Waals surface area contributed by atoms with E-state index in [1.807, 2.05) is 0 Å². The molecule has 0 spiro atoms. The van der Waals surface area contributed by atoms with Crippen LogP contribution in [-0.4, -0.2) is 23.6 Å². The minimum absolute atomic E-state index is 0.00921. The number of aryl methyl sites for hydroxylation is 1. The van der Waals surface area contributed by atoms with Crippen molar-refractivity contribution >= 4 is 21.8 Å². The van der Waals surface area contributed by atoms with Gasteiger partial charge in [-0.05, 0) is 46.8 Å². The first-order chi connectivity index (χ1) is 8.08. The highest BCUT2D eigenvalue weighted by atomic mass is 79.9. The van der Waals surface area contributed by atoms with Crippen LogP contribution in [0.2, 0.25) is 0 Å². The lowest BCUT2D eigenvalue weighted by Gasteiger charge is -2.26. The Kier molecular flexibility index (Phi) is 3.73. The standard InChI is InChI=1S/C11H12BrFN2O2/c12-10-8(13)5-6(9(15-10)11(14)16)1-2-7-3-4-17-7/h5,7H,1-4H2,(H2,14,16). The summed E-state index contributed by atoms with van der Waals surface area (Å²) >= 11 is 2.93. The Balaban J connectivity index is 2.17. The number of hydrogen-bond acceptors (Lipinski definition) is 3. The molecule has 0 aromatic carbocycles. The maximum absolute atomic E-state index is 13.4. The van der Waals surface area contributed by atoms with Gasteiger partial charge in [-0.25, -0.2) is 9.37 Å². The summed E-state index contributed by atoms with van der Waals surface area (Å²) in [6.07, 6.45) is 2.52. The number of carbonyl (C=O) groups excluding carboxylic acids is 1. The number of ether oxygens (including phenoxy) is 1. The molecule has 0 radical (unpaired) electrons. The molecule has 2 heterocycles. The fraction of sp³-hybridized carbons (Fsp3) is 0.455. The van der Waals surface area contributed by atoms with Crippen LogP contribution >= 0.6 is 15.9 Å². The highest BCUT2D eigenvalue weighted by molar-refractivity contribution is 9.10. The maximum Gasteiger partial charge on any atom is 0.267 e. The lowest BCUT2D eigenvalue weighted by Crippen LogP contribution is -2.27. The van der Waals surface area contributed by atoms with Gasteiger partial charge in [-0.3, -0.25) is 4.79 Å². The van der Waals surface area contributed by atoms with Gasteiger partial charge in [0.25, 0.3) is 5.91 Å². The summed E-state index contributed by atoms with van der Waals surface area (Å²) in [5.74, 6) is -1.13. The number of nitrogens with zero attached hydrogens (tertiary/aromatic N) is 1. The van der Waals surface area contributed by atoms with Gasteiger partial charge in [-0.2, -0.15) is 0 Å². The van der Waals surface area contributed by atoms with Crippen molar-refractivity contribution in [1.29, 1.82) is 0 Å². The molecule has 1 aromatic heterocycles. The third kappa shape index (κ3) is 2.81. The molecule has 0 bridgehead atoms. The van der Waals surface area contributed by atoms with Crippen molar-refractivity contribution < 1.29 is 13.9 Å². The van der Waals surface area contributed by atoms with Crippen LogP contribution < -0.4 is 5.73 Å². The molecule has 4 nitrogen and oxygen atoms in total. The van der Waals surface area contributed by atoms with Gasteiger partial charge >= 0.3 is 0 Å². The Morgan fingerprint density at radius 1 is 1.71 bits per heavy atom. The number of pyridine rings is 1. The predicted octanol–water partition coefficient (Wildman–Crippen LogP) is 1.80. The number of primary amides is 1. The zero-order valence-corrected chi connectivity index (χ0v) is 10.7. The van der Waals surface area contributed by atoms with Gasteiger partial charge in [0.1, 0.15) is 10.3 Å². The number of amides is 1. The lowest BCUT2D eigenvalue weighted by molar-refractivity contribution is -0.0541. The van der Waals surface area contributed by atoms with Crippen molar-refractivity contribution in [3.63, 3.8) is 0 Å². The van der Waals surface area contributed by atoms with Crippen molar-refractivity contribution in [1.82, 2.24) is 4.98 Å². The van der Waals surface area contributed by atoms with Crippen LogP contribution in [0.15, 0.2) is 10.7 Å². The molecule has 1 atom stereocenters. The van der Waals surface area contributed by atoms with Crippen LogP contribution in [0.1, 0.15) is 28.9 Å². The van der Waals surface area contributed by atoms with Crippen molar-refractivity contribution in [3.05, 3.63) is 27.7 Å². The molecule has 1 unspecified atom stereocenters. The van der Waals surface area contributed by atoms with Gasteiger partial charge < -0.3 is 10.5 Å². The Morgan fingerprint density at radius 2 is 2.41 bits per heavy atom. The Bertz CT molecular complexity index is 449. The topological polar surface area (TPSA) is 65.2 Å². The number of halogens is 2. The van der Waals surface area contributed by atoms with E-state index in [-0.39, 0.29) is 16.4 Å². The average Bonchev–Trinajstić information content (AvgIpc) is 2.20. The second kappa shape index (κ2) is 5.10. The summed E-state index contributed by atoms with van der Waals surface area (Å²) in [4.78, 5) is 15.0. The zero-order valence-electron chi connectivity index (χ0n) is 9.08. The zero-order chi connectivity index (χ0) is 12.4. The smallest absolute Gasteiger partial charge is 0.267 e. The van der Waals surface area contributed by atoms with Crippen molar-refractivity contribution in [2.45, 2.75) is 25.4 Å². The molecule has 1 aliphatic heterocycles. The first-order valence-corrected chi connectivity index (χ1v) is 6.13. The maximum atomic E-state index is 13.4. The van der Waals surface area contributed by atoms with E-state index in [9.17, 15) is 9.18 Å². The number of nitrogens with two attached hydrogens (primary N) is 1. The van der Waals surface area contributed by atoms with E-state index in [0.717, 1.165) is 19.4 Å². The summed E-state index contributed by atoms with van der Waals surface area (Å²) < 4.78 is 18.6. The SMILES string of the molecule is NC(=O)c1nc(Br)c(F)cc1CCC1CCO1. The second-order valence-corrected chi connectivity index (χ2v) is 4.70. The highest BCUT2D eigenvalue weighted by Crippen LogP contribution is 2.21. The molecule has 0 saturated carbocycles. The van der Waals surface area contributed by atoms with Crippen LogP contribution in [0.25, 0.3) is 0 Å². The van der Waals surface area contributed by atoms with Gasteiger partial charge in [0.15, 0.2) is 5.82 Å². The van der Waals surface area contributed by atoms with Crippen LogP contribution in [0.4, 0.5) is 4.39 Å². The molecular formula is C11H12BrFN2O2. The first-order valence-electron chi connectivity index (χ1n) is 5.34. The molecule has 1 aliphatic rings. The van der Waals surface area contributed by atoms with E-state index in [2.05, 4.69) is 20.9 Å². The fourth-order valence-electron chi connectivity index (χ4n) is 1.74. The summed E-state index contributed by atoms with van der Waals surface area (Å²) in [5.41, 5.74) is 5.87. The Labute approximate surface area is 106 Å². The molecule has 2 N–H and O–H groups in total. The molecule has 92 valence electrons. The van der Waals surface area contributed by atoms with Crippen LogP contribution in [0, 0.1) is 5.82 Å². The number of aromatic nitrogens is 1. The van der Waals surface area contributed by atoms with E-state index < -0.39 is 11.7 Å². The van der Waals surface area contributed by atoms with Crippen LogP contribution in [0.5, 0.6) is 0 Å². The summed E-state index contributed by atoms with van der Waals surface area (Å²) in [6, 6.07) is 1.30. The van der Waals surface area contributed by atoms with Gasteiger partial charge in [0, 0.05) is 6.61 Å². The molecule has 1 saturated heterocycles. The summed E-state index contributed by atoms with van der Waals surface area (Å²) in [6.45, 7) is 0.778. The minimum atomic E-state index is -0.643. The molecule has 6 heteroatoms. The average molecular weight is 303 g/mol. The highest BCUT2D eigenvalue weighted by Gasteiger charge is 2.20. The van der Waals surface area contributed by atoms with Gasteiger partial charge in [-0.1, -0.05) is 0 Å². The van der Waals surface area contributed by atoms with E-state index >= 15 is 0 Å². The molecule has 0 aliphatic carbocycles. The van der Waals surface area contributed by atoms with Gasteiger partial charge in [-0.15, -0.1) is 0 Å². The summed E-state index contributed by atoms with van der Waals surface area (Å²) in [7, 11) is 0. The molecule has 1 amide bonds. The molecule has 2 rings (SSSR count). The minimum Gasteiger partial charge on any atom is -0.378 e. The van der Waals surface area contributed by atoms with Crippen LogP contribution in [0.3, 0.4) is 0 Å². The van der Waals surface area contributed by atoms with Crippen molar-refractivity contribution in [2.75, 3.05) is 6.61 Å². The normalized spacial score (nSPS) is 18.8. The van der Waals surface area contributed by atoms with Crippen LogP contribution in [-0.2, 0) is 11.2 Å². The van der Waals surface area contributed by atoms with E-state index in [1.54, 1.807) is 0 Å². The lowest BCUT2D eigenvalue weighted by atomic mass is 10.0. The van der Waals surface area contributed by atoms with E-state index in [4.69, 9.17) is 10.5 Å². The first kappa shape index (κ1) is 12.4. The number of hydrogen-bond donors (Lipinski definition) is 1. The Morgan fingerprint density at radius 3 is 2.94 bits per heavy atom. The van der Waals surface area contributed by atoms with E-state index in [1.165, 1.54) is 6.07 Å². The van der Waals surface area contributed by atoms with E-state index in [0.29, 0.717) is 12.0 Å². The quantitative estimate of drug-likeness (QED) is 0.863. The summed E-state index contributed by atoms with van der Waals surface area (Å²) in [5, 5.41) is 0. The second-order valence-electron chi connectivity index (χ2n) is 3.95. The van der Waals surface area contributed by atoms with Gasteiger partial charge in [0.05, 0.1) is 6.10 Å². The predicted molar refractivity (Wildman–Crippen MR) is 63.1 cm³/mol. The van der Waals surface area contributed by atoms with Crippen molar-refractivity contribution in [3.8, 4) is 0 Å². The number of rotatable bonds is 4. The van der Waals surface area contributed by atoms with Crippen molar-refractivity contribution in [2.24, 2.45) is 5.73 Å². The van der Waals surface area contributed by atoms with Gasteiger partial charge in [0.2, 0.25) is 0 Å². The molecule has 1 fully saturated rings. The molecular weight excluding hydrogens is 291 g/mol. The third-order valence-corrected chi connectivity index (χ3v) is 3.33.